The second-order valence-corrected chi connectivity index (χ2v) is 7.47. The van der Waals surface area contributed by atoms with Gasteiger partial charge in [0.2, 0.25) is 5.91 Å². The monoisotopic (exact) mass is 346 g/mol. The van der Waals surface area contributed by atoms with E-state index in [1.54, 1.807) is 6.20 Å². The summed E-state index contributed by atoms with van der Waals surface area (Å²) in [4.78, 5) is 23.5. The number of aliphatic hydroxyl groups is 1. The van der Waals surface area contributed by atoms with Crippen molar-refractivity contribution in [1.82, 2.24) is 19.7 Å². The van der Waals surface area contributed by atoms with E-state index in [4.69, 9.17) is 0 Å². The van der Waals surface area contributed by atoms with Crippen LogP contribution in [0.4, 0.5) is 0 Å². The smallest absolute Gasteiger partial charge is 0.222 e. The quantitative estimate of drug-likeness (QED) is 0.804. The van der Waals surface area contributed by atoms with Gasteiger partial charge in [-0.2, -0.15) is 0 Å². The van der Waals surface area contributed by atoms with Crippen LogP contribution in [0.25, 0.3) is 0 Å². The van der Waals surface area contributed by atoms with E-state index in [0.717, 1.165) is 51.3 Å². The van der Waals surface area contributed by atoms with E-state index in [1.807, 2.05) is 23.2 Å². The zero-order valence-electron chi connectivity index (χ0n) is 15.2. The van der Waals surface area contributed by atoms with E-state index in [9.17, 15) is 9.90 Å². The molecule has 1 aromatic rings. The first-order chi connectivity index (χ1) is 12.2. The van der Waals surface area contributed by atoms with Crippen molar-refractivity contribution < 1.29 is 9.90 Å². The highest BCUT2D eigenvalue weighted by Gasteiger charge is 2.35. The van der Waals surface area contributed by atoms with E-state index in [2.05, 4.69) is 21.8 Å². The van der Waals surface area contributed by atoms with Crippen LogP contribution < -0.4 is 0 Å². The fourth-order valence-corrected chi connectivity index (χ4v) is 3.87. The molecule has 2 unspecified atom stereocenters. The molecule has 2 aliphatic rings. The van der Waals surface area contributed by atoms with Crippen LogP contribution in [-0.2, 0) is 11.2 Å². The molecule has 2 fully saturated rings. The Labute approximate surface area is 150 Å². The van der Waals surface area contributed by atoms with E-state index in [0.29, 0.717) is 18.9 Å². The number of hydrogen-bond donors (Lipinski definition) is 1. The highest BCUT2D eigenvalue weighted by molar-refractivity contribution is 5.76. The maximum absolute atomic E-state index is 12.6. The molecule has 0 aliphatic carbocycles. The molecule has 3 heterocycles. The molecule has 138 valence electrons. The maximum atomic E-state index is 12.6. The van der Waals surface area contributed by atoms with Crippen LogP contribution in [-0.4, -0.2) is 90.2 Å². The van der Waals surface area contributed by atoms with Crippen LogP contribution in [0.1, 0.15) is 12.0 Å². The highest BCUT2D eigenvalue weighted by Crippen LogP contribution is 2.25. The van der Waals surface area contributed by atoms with Crippen molar-refractivity contribution in [3.05, 3.63) is 30.1 Å². The molecule has 2 aliphatic heterocycles. The summed E-state index contributed by atoms with van der Waals surface area (Å²) >= 11 is 0. The first-order valence-electron chi connectivity index (χ1n) is 9.34. The number of likely N-dealkylation sites (N-methyl/N-ethyl adjacent to an activating group) is 1. The van der Waals surface area contributed by atoms with Crippen LogP contribution in [0.15, 0.2) is 24.5 Å². The van der Waals surface area contributed by atoms with Gasteiger partial charge >= 0.3 is 0 Å². The van der Waals surface area contributed by atoms with E-state index in [-0.39, 0.29) is 18.4 Å². The molecule has 0 spiro atoms. The van der Waals surface area contributed by atoms with Crippen LogP contribution in [0, 0.1) is 11.8 Å². The topological polar surface area (TPSA) is 59.9 Å². The van der Waals surface area contributed by atoms with E-state index >= 15 is 0 Å². The number of piperazine rings is 1. The third-order valence-corrected chi connectivity index (χ3v) is 5.60. The number of aliphatic hydroxyl groups excluding tert-OH is 1. The average Bonchev–Trinajstić information content (AvgIpc) is 3.05. The standard InChI is InChI=1S/C19H30N4O2/c1-21-7-9-22(10-8-21)12-17-13-23(14-18(17)15-24)19(25)5-4-16-3-2-6-20-11-16/h2-3,6,11,17-18,24H,4-5,7-10,12-15H2,1H3. The number of carbonyl (C=O) groups is 1. The fourth-order valence-electron chi connectivity index (χ4n) is 3.87. The number of carbonyl (C=O) groups excluding carboxylic acids is 1. The van der Waals surface area contributed by atoms with Gasteiger partial charge in [0.1, 0.15) is 0 Å². The third kappa shape index (κ3) is 5.00. The molecule has 0 saturated carbocycles. The maximum Gasteiger partial charge on any atom is 0.222 e. The minimum absolute atomic E-state index is 0.171. The molecule has 2 saturated heterocycles. The normalized spacial score (nSPS) is 25.4. The van der Waals surface area contributed by atoms with Gasteiger partial charge in [-0.1, -0.05) is 6.07 Å². The first kappa shape index (κ1) is 18.3. The Bertz CT molecular complexity index is 546. The lowest BCUT2D eigenvalue weighted by Gasteiger charge is -2.34. The molecule has 2 atom stereocenters. The Hall–Kier alpha value is -1.50. The van der Waals surface area contributed by atoms with Gasteiger partial charge in [-0.05, 0) is 31.0 Å². The number of nitrogens with zero attached hydrogens (tertiary/aromatic N) is 4. The zero-order chi connectivity index (χ0) is 17.6. The number of likely N-dealkylation sites (tertiary alicyclic amines) is 1. The summed E-state index contributed by atoms with van der Waals surface area (Å²) in [7, 11) is 2.16. The Morgan fingerprint density at radius 2 is 2.00 bits per heavy atom. The number of pyridine rings is 1. The molecule has 3 rings (SSSR count). The summed E-state index contributed by atoms with van der Waals surface area (Å²) in [5.41, 5.74) is 1.10. The predicted octanol–water partition coefficient (Wildman–Crippen LogP) is 0.329. The van der Waals surface area contributed by atoms with Gasteiger partial charge in [-0.3, -0.25) is 9.78 Å². The SMILES string of the molecule is CN1CCN(CC2CN(C(=O)CCc3cccnc3)CC2CO)CC1. The third-order valence-electron chi connectivity index (χ3n) is 5.60. The summed E-state index contributed by atoms with van der Waals surface area (Å²) in [6, 6.07) is 3.92. The van der Waals surface area contributed by atoms with Gasteiger partial charge in [0.05, 0.1) is 0 Å². The molecule has 0 bridgehead atoms. The molecule has 1 N–H and O–H groups in total. The van der Waals surface area contributed by atoms with Crippen molar-refractivity contribution in [3.63, 3.8) is 0 Å². The number of amides is 1. The molecule has 6 nitrogen and oxygen atoms in total. The molecule has 1 aromatic heterocycles. The molecule has 0 radical (unpaired) electrons. The fraction of sp³-hybridized carbons (Fsp3) is 0.684. The Morgan fingerprint density at radius 1 is 1.24 bits per heavy atom. The van der Waals surface area contributed by atoms with Gasteiger partial charge in [0, 0.05) is 77.2 Å². The Morgan fingerprint density at radius 3 is 2.68 bits per heavy atom. The predicted molar refractivity (Wildman–Crippen MR) is 97.1 cm³/mol. The van der Waals surface area contributed by atoms with Crippen molar-refractivity contribution in [2.24, 2.45) is 11.8 Å². The van der Waals surface area contributed by atoms with Gasteiger partial charge < -0.3 is 19.8 Å². The zero-order valence-corrected chi connectivity index (χ0v) is 15.2. The summed E-state index contributed by atoms with van der Waals surface area (Å²) < 4.78 is 0. The van der Waals surface area contributed by atoms with Gasteiger partial charge in [-0.15, -0.1) is 0 Å². The number of rotatable bonds is 6. The van der Waals surface area contributed by atoms with Gasteiger partial charge in [-0.25, -0.2) is 0 Å². The Kier molecular flexibility index (Phi) is 6.39. The minimum atomic E-state index is 0.171. The molecule has 6 heteroatoms. The van der Waals surface area contributed by atoms with Crippen LogP contribution >= 0.6 is 0 Å². The second kappa shape index (κ2) is 8.74. The molecular weight excluding hydrogens is 316 g/mol. The van der Waals surface area contributed by atoms with E-state index < -0.39 is 0 Å². The van der Waals surface area contributed by atoms with Crippen molar-refractivity contribution in [1.29, 1.82) is 0 Å². The highest BCUT2D eigenvalue weighted by atomic mass is 16.3. The van der Waals surface area contributed by atoms with Crippen LogP contribution in [0.5, 0.6) is 0 Å². The molecule has 25 heavy (non-hydrogen) atoms. The lowest BCUT2D eigenvalue weighted by atomic mass is 9.96. The summed E-state index contributed by atoms with van der Waals surface area (Å²) in [6.07, 6.45) is 4.83. The summed E-state index contributed by atoms with van der Waals surface area (Å²) in [5.74, 6) is 0.793. The van der Waals surface area contributed by atoms with Gasteiger partial charge in [0.15, 0.2) is 0 Å². The lowest BCUT2D eigenvalue weighted by Crippen LogP contribution is -2.47. The number of aryl methyl sites for hydroxylation is 1. The van der Waals surface area contributed by atoms with Crippen molar-refractivity contribution in [3.8, 4) is 0 Å². The lowest BCUT2D eigenvalue weighted by molar-refractivity contribution is -0.130. The molecule has 1 amide bonds. The first-order valence-corrected chi connectivity index (χ1v) is 9.34. The van der Waals surface area contributed by atoms with Crippen molar-refractivity contribution >= 4 is 5.91 Å². The van der Waals surface area contributed by atoms with Crippen molar-refractivity contribution in [2.45, 2.75) is 12.8 Å². The number of aromatic nitrogens is 1. The largest absolute Gasteiger partial charge is 0.396 e. The minimum Gasteiger partial charge on any atom is -0.396 e. The molecule has 0 aromatic carbocycles. The van der Waals surface area contributed by atoms with Crippen LogP contribution in [0.3, 0.4) is 0 Å². The average molecular weight is 346 g/mol. The second-order valence-electron chi connectivity index (χ2n) is 7.47. The van der Waals surface area contributed by atoms with Gasteiger partial charge in [0.25, 0.3) is 0 Å². The molecular formula is C19H30N4O2. The summed E-state index contributed by atoms with van der Waals surface area (Å²) in [5, 5.41) is 9.74. The number of hydrogen-bond acceptors (Lipinski definition) is 5. The summed E-state index contributed by atoms with van der Waals surface area (Å²) in [6.45, 7) is 7.01. The van der Waals surface area contributed by atoms with Crippen molar-refractivity contribution in [2.75, 3.05) is 59.5 Å². The van der Waals surface area contributed by atoms with E-state index in [1.165, 1.54) is 0 Å². The Balaban J connectivity index is 1.49. The van der Waals surface area contributed by atoms with Crippen LogP contribution in [0.2, 0.25) is 0 Å².